The largest absolute Gasteiger partial charge is 0.338 e. The maximum absolute atomic E-state index is 13.0. The lowest BCUT2D eigenvalue weighted by Crippen LogP contribution is -2.31. The lowest BCUT2D eigenvalue weighted by molar-refractivity contribution is 0.0781. The predicted molar refractivity (Wildman–Crippen MR) is 107 cm³/mol. The Bertz CT molecular complexity index is 939. The summed E-state index contributed by atoms with van der Waals surface area (Å²) in [6.45, 7) is 3.43. The number of nitrogens with zero attached hydrogens (tertiary/aromatic N) is 1. The Labute approximate surface area is 169 Å². The number of halogens is 2. The van der Waals surface area contributed by atoms with E-state index in [0.29, 0.717) is 23.1 Å². The van der Waals surface area contributed by atoms with Crippen molar-refractivity contribution in [1.82, 2.24) is 10.2 Å². The minimum Gasteiger partial charge on any atom is -0.338 e. The molecule has 28 heavy (non-hydrogen) atoms. The zero-order chi connectivity index (χ0) is 19.0. The van der Waals surface area contributed by atoms with E-state index in [2.05, 4.69) is 10.0 Å². The maximum atomic E-state index is 13.0. The van der Waals surface area contributed by atoms with Crippen LogP contribution in [-0.2, 0) is 10.0 Å². The first-order valence-electron chi connectivity index (χ1n) is 8.81. The van der Waals surface area contributed by atoms with Gasteiger partial charge in [0.25, 0.3) is 15.9 Å². The highest BCUT2D eigenvalue weighted by molar-refractivity contribution is 7.92. The van der Waals surface area contributed by atoms with Gasteiger partial charge in [-0.15, -0.1) is 12.4 Å². The number of amides is 1. The average Bonchev–Trinajstić information content (AvgIpc) is 3.24. The van der Waals surface area contributed by atoms with E-state index in [0.717, 1.165) is 38.3 Å². The molecule has 0 spiro atoms. The van der Waals surface area contributed by atoms with Crippen LogP contribution in [0.4, 0.5) is 10.1 Å². The molecule has 0 bridgehead atoms. The van der Waals surface area contributed by atoms with Crippen LogP contribution in [0.3, 0.4) is 0 Å². The van der Waals surface area contributed by atoms with E-state index in [4.69, 9.17) is 0 Å². The van der Waals surface area contributed by atoms with Crippen LogP contribution in [0.2, 0.25) is 0 Å². The van der Waals surface area contributed by atoms with Crippen LogP contribution in [0, 0.1) is 17.7 Å². The van der Waals surface area contributed by atoms with E-state index < -0.39 is 15.8 Å². The summed E-state index contributed by atoms with van der Waals surface area (Å²) in [5.41, 5.74) is 0.881. The number of nitrogens with one attached hydrogen (secondary N) is 2. The Kier molecular flexibility index (Phi) is 5.92. The number of sulfonamides is 1. The van der Waals surface area contributed by atoms with Gasteiger partial charge in [-0.25, -0.2) is 12.8 Å². The topological polar surface area (TPSA) is 78.5 Å². The number of anilines is 1. The number of carbonyl (C=O) groups excluding carboxylic acids is 1. The summed E-state index contributed by atoms with van der Waals surface area (Å²) in [5, 5.41) is 3.35. The van der Waals surface area contributed by atoms with Crippen LogP contribution in [-0.4, -0.2) is 45.4 Å². The van der Waals surface area contributed by atoms with Gasteiger partial charge in [0, 0.05) is 37.4 Å². The van der Waals surface area contributed by atoms with Crippen molar-refractivity contribution in [2.45, 2.75) is 4.90 Å². The van der Waals surface area contributed by atoms with Crippen LogP contribution in [0.5, 0.6) is 0 Å². The zero-order valence-corrected chi connectivity index (χ0v) is 16.6. The van der Waals surface area contributed by atoms with Crippen LogP contribution in [0.1, 0.15) is 10.4 Å². The van der Waals surface area contributed by atoms with Crippen molar-refractivity contribution >= 4 is 34.0 Å². The Morgan fingerprint density at radius 1 is 1.00 bits per heavy atom. The molecule has 2 aliphatic heterocycles. The molecule has 150 valence electrons. The number of benzene rings is 2. The van der Waals surface area contributed by atoms with Gasteiger partial charge in [0.1, 0.15) is 5.82 Å². The second kappa shape index (κ2) is 8.06. The van der Waals surface area contributed by atoms with Gasteiger partial charge in [-0.1, -0.05) is 0 Å². The molecular formula is C19H21ClFN3O3S. The van der Waals surface area contributed by atoms with Crippen molar-refractivity contribution in [3.05, 3.63) is 59.9 Å². The molecule has 0 aliphatic carbocycles. The summed E-state index contributed by atoms with van der Waals surface area (Å²) in [7, 11) is -3.81. The van der Waals surface area contributed by atoms with Crippen LogP contribution in [0.15, 0.2) is 53.4 Å². The molecule has 9 heteroatoms. The van der Waals surface area contributed by atoms with Crippen molar-refractivity contribution in [2.75, 3.05) is 30.9 Å². The summed E-state index contributed by atoms with van der Waals surface area (Å²) in [6.07, 6.45) is 0. The third-order valence-corrected chi connectivity index (χ3v) is 6.58. The van der Waals surface area contributed by atoms with Crippen molar-refractivity contribution < 1.29 is 17.6 Å². The molecule has 1 amide bonds. The van der Waals surface area contributed by atoms with E-state index >= 15 is 0 Å². The van der Waals surface area contributed by atoms with Gasteiger partial charge < -0.3 is 10.2 Å². The van der Waals surface area contributed by atoms with Gasteiger partial charge in [-0.2, -0.15) is 0 Å². The molecule has 2 fully saturated rings. The molecule has 2 heterocycles. The molecule has 2 aliphatic rings. The molecule has 0 radical (unpaired) electrons. The molecule has 4 rings (SSSR count). The number of hydrogen-bond donors (Lipinski definition) is 2. The molecule has 0 unspecified atom stereocenters. The van der Waals surface area contributed by atoms with Gasteiger partial charge in [0.05, 0.1) is 4.90 Å². The van der Waals surface area contributed by atoms with Gasteiger partial charge in [-0.3, -0.25) is 9.52 Å². The van der Waals surface area contributed by atoms with E-state index in [1.807, 2.05) is 4.90 Å². The summed E-state index contributed by atoms with van der Waals surface area (Å²) in [6, 6.07) is 11.0. The first-order valence-corrected chi connectivity index (χ1v) is 10.3. The van der Waals surface area contributed by atoms with Crippen molar-refractivity contribution in [3.63, 3.8) is 0 Å². The lowest BCUT2D eigenvalue weighted by Gasteiger charge is -2.18. The predicted octanol–water partition coefficient (Wildman–Crippen LogP) is 2.34. The quantitative estimate of drug-likeness (QED) is 0.788. The van der Waals surface area contributed by atoms with Gasteiger partial charge in [-0.05, 0) is 60.4 Å². The average molecular weight is 426 g/mol. The van der Waals surface area contributed by atoms with Gasteiger partial charge in [0.2, 0.25) is 0 Å². The Hall–Kier alpha value is -2.16. The third kappa shape index (κ3) is 4.14. The number of carbonyl (C=O) groups is 1. The molecule has 0 saturated carbocycles. The highest BCUT2D eigenvalue weighted by Gasteiger charge is 2.38. The number of rotatable bonds is 4. The first kappa shape index (κ1) is 20.6. The summed E-state index contributed by atoms with van der Waals surface area (Å²) < 4.78 is 40.1. The van der Waals surface area contributed by atoms with Crippen molar-refractivity contribution in [3.8, 4) is 0 Å². The minimum atomic E-state index is -3.81. The monoisotopic (exact) mass is 425 g/mol. The first-order chi connectivity index (χ1) is 12.9. The molecule has 2 aromatic carbocycles. The molecule has 2 saturated heterocycles. The van der Waals surface area contributed by atoms with E-state index in [1.54, 1.807) is 24.3 Å². The molecule has 2 N–H and O–H groups in total. The number of fused-ring (bicyclic) bond motifs is 1. The molecule has 0 aromatic heterocycles. The second-order valence-corrected chi connectivity index (χ2v) is 8.71. The molecule has 2 atom stereocenters. The Balaban J connectivity index is 0.00000225. The highest BCUT2D eigenvalue weighted by atomic mass is 35.5. The summed E-state index contributed by atoms with van der Waals surface area (Å²) >= 11 is 0. The Morgan fingerprint density at radius 3 is 2.14 bits per heavy atom. The number of likely N-dealkylation sites (tertiary alicyclic amines) is 1. The summed E-state index contributed by atoms with van der Waals surface area (Å²) in [4.78, 5) is 14.5. The smallest absolute Gasteiger partial charge is 0.261 e. The van der Waals surface area contributed by atoms with Crippen molar-refractivity contribution in [2.24, 2.45) is 11.8 Å². The molecule has 6 nitrogen and oxygen atoms in total. The second-order valence-electron chi connectivity index (χ2n) is 7.03. The fourth-order valence-electron chi connectivity index (χ4n) is 3.71. The van der Waals surface area contributed by atoms with Crippen LogP contribution in [0.25, 0.3) is 0 Å². The fourth-order valence-corrected chi connectivity index (χ4v) is 4.77. The van der Waals surface area contributed by atoms with Crippen LogP contribution >= 0.6 is 12.4 Å². The normalized spacial score (nSPS) is 21.1. The van der Waals surface area contributed by atoms with Crippen molar-refractivity contribution in [1.29, 1.82) is 0 Å². The van der Waals surface area contributed by atoms with Crippen LogP contribution < -0.4 is 10.0 Å². The standard InChI is InChI=1S/C19H20FN3O3S.ClH/c20-16-3-7-18(8-4-16)27(25,26)22-17-5-1-13(2-6-17)19(24)23-11-14-9-21-10-15(14)12-23;/h1-8,14-15,21-22H,9-12H2;1H/t14-,15+;. The number of hydrogen-bond acceptors (Lipinski definition) is 4. The Morgan fingerprint density at radius 2 is 1.57 bits per heavy atom. The lowest BCUT2D eigenvalue weighted by atomic mass is 10.0. The third-order valence-electron chi connectivity index (χ3n) is 5.18. The maximum Gasteiger partial charge on any atom is 0.261 e. The molecule has 2 aromatic rings. The van der Waals surface area contributed by atoms with E-state index in [9.17, 15) is 17.6 Å². The van der Waals surface area contributed by atoms with Gasteiger partial charge in [0.15, 0.2) is 0 Å². The fraction of sp³-hybridized carbons (Fsp3) is 0.316. The highest BCUT2D eigenvalue weighted by Crippen LogP contribution is 2.27. The van der Waals surface area contributed by atoms with E-state index in [1.165, 1.54) is 12.1 Å². The van der Waals surface area contributed by atoms with Gasteiger partial charge >= 0.3 is 0 Å². The minimum absolute atomic E-state index is 0. The SMILES string of the molecule is Cl.O=C(c1ccc(NS(=O)(=O)c2ccc(F)cc2)cc1)N1C[C@H]2CNC[C@H]2C1. The van der Waals surface area contributed by atoms with E-state index in [-0.39, 0.29) is 23.2 Å². The molecular weight excluding hydrogens is 405 g/mol. The summed E-state index contributed by atoms with van der Waals surface area (Å²) in [5.74, 6) is 0.516. The zero-order valence-electron chi connectivity index (χ0n) is 15.0.